The molecule has 0 spiro atoms. The largest absolute Gasteiger partial charge is 0.468 e. The highest BCUT2D eigenvalue weighted by Crippen LogP contribution is 2.24. The van der Waals surface area contributed by atoms with Crippen molar-refractivity contribution in [3.05, 3.63) is 43.8 Å². The number of nitrogens with one attached hydrogen (secondary N) is 2. The first-order valence-electron chi connectivity index (χ1n) is 12.3. The third-order valence-corrected chi connectivity index (χ3v) is 10.3. The quantitative estimate of drug-likeness (QED) is 0.102. The van der Waals surface area contributed by atoms with Crippen molar-refractivity contribution in [3.8, 4) is 0 Å². The predicted molar refractivity (Wildman–Crippen MR) is 158 cm³/mol. The van der Waals surface area contributed by atoms with Crippen molar-refractivity contribution in [3.63, 3.8) is 0 Å². The number of thiophene rings is 2. The van der Waals surface area contributed by atoms with Gasteiger partial charge in [0.25, 0.3) is 0 Å². The van der Waals surface area contributed by atoms with Crippen LogP contribution in [0.5, 0.6) is 0 Å². The van der Waals surface area contributed by atoms with Crippen molar-refractivity contribution in [2.45, 2.75) is 51.6 Å². The molecule has 2 heterocycles. The van der Waals surface area contributed by atoms with Crippen molar-refractivity contribution in [1.82, 2.24) is 10.6 Å². The number of Topliss-reactive ketones (excluding diaryl/α,β-unsaturated/α-hetero) is 2. The summed E-state index contributed by atoms with van der Waals surface area (Å²) in [6.07, 6.45) is 1.74. The lowest BCUT2D eigenvalue weighted by Crippen LogP contribution is -2.39. The Morgan fingerprint density at radius 3 is 1.87 bits per heavy atom. The molecule has 0 aromatic carbocycles. The molecule has 2 rings (SSSR count). The Balaban J connectivity index is 1.67. The topological polar surface area (TPSA) is 111 Å². The van der Waals surface area contributed by atoms with Gasteiger partial charge in [-0.1, -0.05) is 21.6 Å². The molecule has 38 heavy (non-hydrogen) atoms. The summed E-state index contributed by atoms with van der Waals surface area (Å²) in [5.41, 5.74) is 2.05. The van der Waals surface area contributed by atoms with Gasteiger partial charge in [-0.25, -0.2) is 0 Å². The van der Waals surface area contributed by atoms with Gasteiger partial charge in [0.15, 0.2) is 11.6 Å². The summed E-state index contributed by atoms with van der Waals surface area (Å²) in [6, 6.07) is 2.83. The van der Waals surface area contributed by atoms with Gasteiger partial charge < -0.3 is 20.1 Å². The van der Waals surface area contributed by atoms with Crippen molar-refractivity contribution >= 4 is 67.8 Å². The number of methoxy groups -OCH3 is 2. The molecule has 0 fully saturated rings. The van der Waals surface area contributed by atoms with Crippen LogP contribution in [0.2, 0.25) is 0 Å². The Labute approximate surface area is 240 Å². The summed E-state index contributed by atoms with van der Waals surface area (Å²) in [4.78, 5) is 50.5. The van der Waals surface area contributed by atoms with E-state index < -0.39 is 12.1 Å². The van der Waals surface area contributed by atoms with Gasteiger partial charge in [0.2, 0.25) is 0 Å². The van der Waals surface area contributed by atoms with Gasteiger partial charge >= 0.3 is 11.9 Å². The highest BCUT2D eigenvalue weighted by atomic mass is 33.1. The van der Waals surface area contributed by atoms with Crippen LogP contribution in [-0.2, 0) is 19.1 Å². The maximum absolute atomic E-state index is 12.4. The normalized spacial score (nSPS) is 12.6. The van der Waals surface area contributed by atoms with Crippen LogP contribution in [0.1, 0.15) is 56.2 Å². The lowest BCUT2D eigenvalue weighted by Gasteiger charge is -2.17. The second-order valence-electron chi connectivity index (χ2n) is 8.55. The van der Waals surface area contributed by atoms with E-state index in [1.54, 1.807) is 21.6 Å². The van der Waals surface area contributed by atoms with E-state index in [0.717, 1.165) is 20.9 Å². The van der Waals surface area contributed by atoms with Gasteiger partial charge in [-0.05, 0) is 60.7 Å². The fourth-order valence-electron chi connectivity index (χ4n) is 3.53. The smallest absolute Gasteiger partial charge is 0.322 e. The third kappa shape index (κ3) is 11.2. The molecule has 2 N–H and O–H groups in total. The fourth-order valence-corrected chi connectivity index (χ4v) is 7.48. The second kappa shape index (κ2) is 17.8. The standard InChI is InChI=1S/C26H36N2O6S4/c1-17-15-23(36-16-17)21(29)5-10-27-19(25(31)33-3)8-13-37-38-14-9-20(26(32)34-4)28-11-6-22(30)24-18(2)7-12-35-24/h7,12,15-16,19-20,27-28H,5-6,8-11,13-14H2,1-4H3. The molecule has 2 unspecified atom stereocenters. The van der Waals surface area contributed by atoms with Gasteiger partial charge in [-0.15, -0.1) is 22.7 Å². The highest BCUT2D eigenvalue weighted by Gasteiger charge is 2.21. The summed E-state index contributed by atoms with van der Waals surface area (Å²) in [6.45, 7) is 4.67. The fraction of sp³-hybridized carbons (Fsp3) is 0.538. The van der Waals surface area contributed by atoms with E-state index in [0.29, 0.717) is 50.3 Å². The molecular formula is C26H36N2O6S4. The first kappa shape index (κ1) is 32.5. The SMILES string of the molecule is COC(=O)C(CCSSCCC(NCCC(=O)c1sccc1C)C(=O)OC)NCCC(=O)c1cc(C)cs1. The van der Waals surface area contributed by atoms with E-state index >= 15 is 0 Å². The molecule has 2 atom stereocenters. The monoisotopic (exact) mass is 600 g/mol. The van der Waals surface area contributed by atoms with E-state index in [1.165, 1.54) is 36.9 Å². The molecule has 2 aromatic heterocycles. The average molecular weight is 601 g/mol. The maximum atomic E-state index is 12.4. The highest BCUT2D eigenvalue weighted by molar-refractivity contribution is 8.76. The van der Waals surface area contributed by atoms with E-state index in [4.69, 9.17) is 9.47 Å². The van der Waals surface area contributed by atoms with Gasteiger partial charge in [-0.3, -0.25) is 19.2 Å². The molecule has 0 aliphatic carbocycles. The number of ketones is 2. The van der Waals surface area contributed by atoms with Crippen LogP contribution >= 0.6 is 44.3 Å². The Morgan fingerprint density at radius 2 is 1.42 bits per heavy atom. The first-order chi connectivity index (χ1) is 18.3. The molecule has 210 valence electrons. The molecular weight excluding hydrogens is 565 g/mol. The van der Waals surface area contributed by atoms with Gasteiger partial charge in [-0.2, -0.15) is 0 Å². The van der Waals surface area contributed by atoms with Crippen LogP contribution in [0.3, 0.4) is 0 Å². The van der Waals surface area contributed by atoms with Crippen molar-refractivity contribution in [1.29, 1.82) is 0 Å². The minimum atomic E-state index is -0.487. The molecule has 8 nitrogen and oxygen atoms in total. The number of carbonyl (C=O) groups excluding carboxylic acids is 4. The van der Waals surface area contributed by atoms with Crippen molar-refractivity contribution in [2.75, 3.05) is 38.8 Å². The maximum Gasteiger partial charge on any atom is 0.322 e. The number of hydrogen-bond donors (Lipinski definition) is 2. The average Bonchev–Trinajstić information content (AvgIpc) is 3.55. The minimum absolute atomic E-state index is 0.0592. The molecule has 0 amide bonds. The molecule has 0 bridgehead atoms. The summed E-state index contributed by atoms with van der Waals surface area (Å²) in [7, 11) is 5.93. The van der Waals surface area contributed by atoms with Crippen LogP contribution in [-0.4, -0.2) is 74.4 Å². The lowest BCUT2D eigenvalue weighted by molar-refractivity contribution is -0.144. The lowest BCUT2D eigenvalue weighted by atomic mass is 10.1. The van der Waals surface area contributed by atoms with E-state index in [9.17, 15) is 19.2 Å². The zero-order chi connectivity index (χ0) is 27.9. The van der Waals surface area contributed by atoms with E-state index in [2.05, 4.69) is 10.6 Å². The summed E-state index contributed by atoms with van der Waals surface area (Å²) >= 11 is 2.87. The Kier molecular flexibility index (Phi) is 15.2. The predicted octanol–water partition coefficient (Wildman–Crippen LogP) is 4.70. The molecule has 12 heteroatoms. The number of rotatable bonds is 19. The number of hydrogen-bond acceptors (Lipinski definition) is 12. The van der Waals surface area contributed by atoms with Crippen LogP contribution in [0.4, 0.5) is 0 Å². The summed E-state index contributed by atoms with van der Waals surface area (Å²) in [5.74, 6) is 0.818. The van der Waals surface area contributed by atoms with Gasteiger partial charge in [0.05, 0.1) is 24.0 Å². The van der Waals surface area contributed by atoms with E-state index in [-0.39, 0.29) is 23.5 Å². The summed E-state index contributed by atoms with van der Waals surface area (Å²) < 4.78 is 9.82. The third-order valence-electron chi connectivity index (χ3n) is 5.64. The Hall–Kier alpha value is -1.70. The van der Waals surface area contributed by atoms with Crippen LogP contribution in [0, 0.1) is 13.8 Å². The molecule has 0 aliphatic rings. The first-order valence-corrected chi connectivity index (χ1v) is 16.5. The van der Waals surface area contributed by atoms with E-state index in [1.807, 2.05) is 36.7 Å². The molecule has 0 saturated heterocycles. The van der Waals surface area contributed by atoms with Gasteiger partial charge in [0.1, 0.15) is 12.1 Å². The molecule has 2 aromatic rings. The molecule has 0 saturated carbocycles. The number of esters is 2. The van der Waals surface area contributed by atoms with Crippen molar-refractivity contribution in [2.24, 2.45) is 0 Å². The summed E-state index contributed by atoms with van der Waals surface area (Å²) in [5, 5.41) is 10.1. The number of aryl methyl sites for hydroxylation is 2. The number of ether oxygens (including phenoxy) is 2. The zero-order valence-corrected chi connectivity index (χ0v) is 25.5. The van der Waals surface area contributed by atoms with Crippen molar-refractivity contribution < 1.29 is 28.7 Å². The molecule has 0 aliphatic heterocycles. The minimum Gasteiger partial charge on any atom is -0.468 e. The second-order valence-corrected chi connectivity index (χ2v) is 13.1. The number of carbonyl (C=O) groups is 4. The Bertz CT molecular complexity index is 1050. The van der Waals surface area contributed by atoms with Gasteiger partial charge in [0, 0.05) is 37.4 Å². The Morgan fingerprint density at radius 1 is 0.868 bits per heavy atom. The van der Waals surface area contributed by atoms with Crippen LogP contribution < -0.4 is 10.6 Å². The van der Waals surface area contributed by atoms with Crippen LogP contribution in [0.25, 0.3) is 0 Å². The molecule has 0 radical (unpaired) electrons. The zero-order valence-electron chi connectivity index (χ0n) is 22.2. The van der Waals surface area contributed by atoms with Crippen LogP contribution in [0.15, 0.2) is 22.9 Å².